The highest BCUT2D eigenvalue weighted by atomic mass is 16.6. The second-order valence-electron chi connectivity index (χ2n) is 20.4. The molecular weight excluding hydrogens is 883 g/mol. The molecule has 14 nitrogen and oxygen atoms in total. The van der Waals surface area contributed by atoms with Crippen molar-refractivity contribution in [3.63, 3.8) is 0 Å². The molecule has 3 heterocycles. The van der Waals surface area contributed by atoms with E-state index >= 15 is 0 Å². The average molecular weight is 966 g/mol. The van der Waals surface area contributed by atoms with Gasteiger partial charge in [0.15, 0.2) is 5.78 Å². The average Bonchev–Trinajstić information content (AvgIpc) is 3.32. The standard InChI is InChI=1S/C55H83NO13/c1-11-12-18-27-67-46-32-42-24-22-40(8)55(64,69-42)52(61)53(62)56-26-17-16-21-43(56)54(63)68-47(37(5)30-41-23-25-44(57)48(31-41)65-9)33-45(58)36(4)29-39(7)50(60)51(66-10)49(59)38(6)28-34(2)19-14-13-15-20-35(46)3/h13-15,19-20,29,34,36-38,40-44,46-48,50-51,57,60,64H,11,16-17,21-28,30-33H2,1-10H3/b15-13+,19-14+,35-20+,39-29+/t34-,36-,37-,38-,40-,41+,42+,43+,44-,46+,47+,48-,50-,51+,55-/m1/s1. The van der Waals surface area contributed by atoms with Crippen LogP contribution in [0.3, 0.4) is 0 Å². The maximum atomic E-state index is 14.4. The number of ether oxygens (including phenoxy) is 5. The van der Waals surface area contributed by atoms with Gasteiger partial charge in [-0.05, 0) is 107 Å². The molecule has 15 atom stereocenters. The zero-order valence-electron chi connectivity index (χ0n) is 43.0. The van der Waals surface area contributed by atoms with Crippen LogP contribution >= 0.6 is 0 Å². The summed E-state index contributed by atoms with van der Waals surface area (Å²) >= 11 is 0. The lowest BCUT2D eigenvalue weighted by atomic mass is 9.78. The largest absolute Gasteiger partial charge is 0.460 e. The third-order valence-electron chi connectivity index (χ3n) is 14.9. The molecule has 0 aromatic heterocycles. The fraction of sp³-hybridized carbons (Fsp3) is 0.727. The molecule has 2 bridgehead atoms. The molecule has 0 aromatic carbocycles. The number of carbonyl (C=O) groups is 5. The lowest BCUT2D eigenvalue weighted by Gasteiger charge is -2.42. The summed E-state index contributed by atoms with van der Waals surface area (Å²) in [6.45, 7) is 14.8. The molecule has 0 unspecified atom stereocenters. The number of amides is 1. The maximum Gasteiger partial charge on any atom is 0.329 e. The van der Waals surface area contributed by atoms with Crippen LogP contribution in [0.2, 0.25) is 0 Å². The Morgan fingerprint density at radius 2 is 1.62 bits per heavy atom. The monoisotopic (exact) mass is 966 g/mol. The summed E-state index contributed by atoms with van der Waals surface area (Å²) in [7, 11) is 2.94. The highest BCUT2D eigenvalue weighted by molar-refractivity contribution is 6.39. The zero-order valence-corrected chi connectivity index (χ0v) is 43.0. The number of ketones is 3. The Kier molecular flexibility index (Phi) is 23.2. The first-order valence-electron chi connectivity index (χ1n) is 25.5. The minimum absolute atomic E-state index is 0.00218. The van der Waals surface area contributed by atoms with Crippen LogP contribution in [0.15, 0.2) is 47.6 Å². The molecule has 14 heteroatoms. The molecule has 69 heavy (non-hydrogen) atoms. The topological polar surface area (TPSA) is 195 Å². The summed E-state index contributed by atoms with van der Waals surface area (Å²) in [6.07, 6.45) is 11.5. The minimum Gasteiger partial charge on any atom is -0.460 e. The summed E-state index contributed by atoms with van der Waals surface area (Å²) in [5.41, 5.74) is 1.24. The van der Waals surface area contributed by atoms with Gasteiger partial charge in [-0.25, -0.2) is 4.79 Å². The molecule has 3 aliphatic heterocycles. The molecule has 4 aliphatic rings. The fourth-order valence-corrected chi connectivity index (χ4v) is 10.4. The van der Waals surface area contributed by atoms with Gasteiger partial charge >= 0.3 is 5.97 Å². The van der Waals surface area contributed by atoms with Gasteiger partial charge < -0.3 is 43.9 Å². The Morgan fingerprint density at radius 1 is 0.884 bits per heavy atom. The highest BCUT2D eigenvalue weighted by Crippen LogP contribution is 2.38. The number of hydrogen-bond acceptors (Lipinski definition) is 13. The number of nitrogens with zero attached hydrogens (tertiary/aromatic N) is 1. The molecule has 3 N–H and O–H groups in total. The van der Waals surface area contributed by atoms with Gasteiger partial charge in [-0.3, -0.25) is 19.2 Å². The molecule has 0 spiro atoms. The van der Waals surface area contributed by atoms with Crippen LogP contribution < -0.4 is 0 Å². The van der Waals surface area contributed by atoms with Crippen LogP contribution in [0, 0.1) is 47.3 Å². The second-order valence-corrected chi connectivity index (χ2v) is 20.4. The van der Waals surface area contributed by atoms with Crippen LogP contribution in [0.4, 0.5) is 0 Å². The molecule has 0 aromatic rings. The lowest BCUT2D eigenvalue weighted by Crippen LogP contribution is -2.61. The number of carbonyl (C=O) groups excluding carboxylic acids is 5. The Morgan fingerprint density at radius 3 is 2.32 bits per heavy atom. The minimum atomic E-state index is -2.46. The van der Waals surface area contributed by atoms with Gasteiger partial charge in [-0.2, -0.15) is 0 Å². The van der Waals surface area contributed by atoms with Crippen molar-refractivity contribution < 1.29 is 63.0 Å². The van der Waals surface area contributed by atoms with E-state index in [0.29, 0.717) is 63.4 Å². The first-order valence-corrected chi connectivity index (χ1v) is 25.5. The van der Waals surface area contributed by atoms with Gasteiger partial charge in [-0.15, -0.1) is 5.92 Å². The van der Waals surface area contributed by atoms with Gasteiger partial charge in [0.1, 0.15) is 36.7 Å². The summed E-state index contributed by atoms with van der Waals surface area (Å²) in [5.74, 6) is -2.08. The zero-order chi connectivity index (χ0) is 51.0. The number of rotatable bonds is 7. The number of Topliss-reactive ketones (excluding diaryl/α,β-unsaturated/α-hetero) is 3. The smallest absolute Gasteiger partial charge is 0.329 e. The number of cyclic esters (lactones) is 1. The highest BCUT2D eigenvalue weighted by Gasteiger charge is 2.53. The van der Waals surface area contributed by atoms with Crippen molar-refractivity contribution in [1.82, 2.24) is 4.90 Å². The van der Waals surface area contributed by atoms with Crippen LogP contribution in [0.1, 0.15) is 139 Å². The van der Waals surface area contributed by atoms with Crippen molar-refractivity contribution >= 4 is 29.2 Å². The first kappa shape index (κ1) is 57.8. The number of esters is 1. The number of fused-ring (bicyclic) bond motifs is 3. The van der Waals surface area contributed by atoms with E-state index in [4.69, 9.17) is 23.7 Å². The van der Waals surface area contributed by atoms with Crippen molar-refractivity contribution in [2.24, 2.45) is 35.5 Å². The van der Waals surface area contributed by atoms with Gasteiger partial charge in [0.05, 0.1) is 24.4 Å². The third-order valence-corrected chi connectivity index (χ3v) is 14.9. The summed E-state index contributed by atoms with van der Waals surface area (Å²) in [4.78, 5) is 72.3. The molecule has 1 saturated carbocycles. The summed E-state index contributed by atoms with van der Waals surface area (Å²) < 4.78 is 29.9. The van der Waals surface area contributed by atoms with Crippen LogP contribution in [0.5, 0.6) is 0 Å². The van der Waals surface area contributed by atoms with Crippen LogP contribution in [0.25, 0.3) is 0 Å². The molecule has 1 aliphatic carbocycles. The van der Waals surface area contributed by atoms with Crippen LogP contribution in [-0.2, 0) is 47.7 Å². The van der Waals surface area contributed by atoms with Crippen molar-refractivity contribution in [2.45, 2.75) is 193 Å². The normalized spacial score (nSPS) is 38.5. The molecule has 386 valence electrons. The van der Waals surface area contributed by atoms with E-state index in [-0.39, 0.29) is 67.8 Å². The quantitative estimate of drug-likeness (QED) is 0.103. The number of piperidine rings is 1. The van der Waals surface area contributed by atoms with E-state index in [9.17, 15) is 39.3 Å². The first-order chi connectivity index (χ1) is 32.7. The molecule has 2 saturated heterocycles. The predicted molar refractivity (Wildman–Crippen MR) is 262 cm³/mol. The second kappa shape index (κ2) is 27.7. The van der Waals surface area contributed by atoms with Crippen molar-refractivity contribution in [2.75, 3.05) is 27.4 Å². The number of aliphatic hydroxyl groups is 3. The van der Waals surface area contributed by atoms with E-state index in [1.165, 1.54) is 12.0 Å². The van der Waals surface area contributed by atoms with Gasteiger partial charge in [0.25, 0.3) is 11.7 Å². The Balaban J connectivity index is 1.73. The van der Waals surface area contributed by atoms with Gasteiger partial charge in [0, 0.05) is 57.8 Å². The molecule has 0 radical (unpaired) electrons. The maximum absolute atomic E-state index is 14.4. The molecule has 3 fully saturated rings. The molecule has 4 rings (SSSR count). The van der Waals surface area contributed by atoms with E-state index in [1.54, 1.807) is 34.0 Å². The number of aliphatic hydroxyl groups excluding tert-OH is 2. The van der Waals surface area contributed by atoms with Crippen molar-refractivity contribution in [3.05, 3.63) is 47.6 Å². The fourth-order valence-electron chi connectivity index (χ4n) is 10.4. The number of hydrogen-bond donors (Lipinski definition) is 3. The Labute approximate surface area is 411 Å². The number of methoxy groups -OCH3 is 2. The predicted octanol–water partition coefficient (Wildman–Crippen LogP) is 6.96. The SMILES string of the molecule is CCC#CCO[C@H]1C[C@@H]2CC[C@@H](C)[C@@](O)(O2)C(=O)C(=O)N2CCCC[C@H]2C(=O)O[C@H]([C@H](C)C[C@@H]2CC[C@@H](O)[C@H](OC)C2)CC(=O)[C@H](C)/C=C(\C)[C@@H](O)[C@@H](OC)C(=O)[C@H](C)C[C@H](C)/C=C/C=C/C=C/1C. The van der Waals surface area contributed by atoms with Crippen molar-refractivity contribution in [3.8, 4) is 11.8 Å². The van der Waals surface area contributed by atoms with Gasteiger partial charge in [0.2, 0.25) is 5.79 Å². The Bertz CT molecular complexity index is 1930. The number of allylic oxidation sites excluding steroid dienone is 6. The van der Waals surface area contributed by atoms with Gasteiger partial charge in [-0.1, -0.05) is 83.9 Å². The molecular formula is C55H83NO13. The lowest BCUT2D eigenvalue weighted by molar-refractivity contribution is -0.265. The van der Waals surface area contributed by atoms with E-state index in [0.717, 1.165) is 12.0 Å². The molecule has 1 amide bonds. The summed E-state index contributed by atoms with van der Waals surface area (Å²) in [5, 5.41) is 34.1. The van der Waals surface area contributed by atoms with E-state index < -0.39 is 83.9 Å². The Hall–Kier alpha value is -3.81. The third kappa shape index (κ3) is 16.1. The summed E-state index contributed by atoms with van der Waals surface area (Å²) in [6, 6.07) is -1.15. The van der Waals surface area contributed by atoms with Crippen LogP contribution in [-0.4, -0.2) is 131 Å². The van der Waals surface area contributed by atoms with E-state index in [2.05, 4.69) is 11.8 Å². The van der Waals surface area contributed by atoms with Crippen molar-refractivity contribution in [1.29, 1.82) is 0 Å². The van der Waals surface area contributed by atoms with E-state index in [1.807, 2.05) is 65.0 Å².